The Morgan fingerprint density at radius 1 is 1.12 bits per heavy atom. The van der Waals surface area contributed by atoms with Gasteiger partial charge in [0.15, 0.2) is 15.8 Å². The van der Waals surface area contributed by atoms with Crippen LogP contribution in [0.4, 0.5) is 0 Å². The summed E-state index contributed by atoms with van der Waals surface area (Å²) < 4.78 is 16.5. The monoisotopic (exact) mass is 472 g/mol. The molecule has 0 spiro atoms. The van der Waals surface area contributed by atoms with Crippen molar-refractivity contribution < 1.29 is 23.8 Å². The summed E-state index contributed by atoms with van der Waals surface area (Å²) in [7, 11) is 3.12. The van der Waals surface area contributed by atoms with E-state index in [4.69, 9.17) is 26.4 Å². The number of thioether (sulfide) groups is 1. The van der Waals surface area contributed by atoms with E-state index in [1.807, 2.05) is 12.1 Å². The molecular weight excluding hydrogens is 448 g/mol. The number of rotatable bonds is 9. The molecule has 7 nitrogen and oxygen atoms in total. The Labute approximate surface area is 196 Å². The van der Waals surface area contributed by atoms with Crippen LogP contribution in [0.5, 0.6) is 17.2 Å². The standard InChI is InChI=1S/C23H24N2O5S2/c1-4-5-12-30-18-11-6-15(13-19(18)29-3)14-20-22(27)25(23(31)32-20)24-21(26)16-7-9-17(28-2)10-8-16/h6-11,13-14H,4-5,12H2,1-3H3,(H,24,26). The maximum absolute atomic E-state index is 12.8. The third kappa shape index (κ3) is 5.60. The lowest BCUT2D eigenvalue weighted by atomic mass is 10.2. The summed E-state index contributed by atoms with van der Waals surface area (Å²) in [4.78, 5) is 25.8. The molecule has 0 aromatic heterocycles. The number of amides is 2. The molecule has 2 aromatic carbocycles. The van der Waals surface area contributed by atoms with Crippen molar-refractivity contribution in [1.29, 1.82) is 0 Å². The number of thiocarbonyl (C=S) groups is 1. The Bertz CT molecular complexity index is 1040. The minimum atomic E-state index is -0.444. The molecule has 32 heavy (non-hydrogen) atoms. The highest BCUT2D eigenvalue weighted by Gasteiger charge is 2.33. The highest BCUT2D eigenvalue weighted by molar-refractivity contribution is 8.26. The van der Waals surface area contributed by atoms with Gasteiger partial charge < -0.3 is 14.2 Å². The van der Waals surface area contributed by atoms with E-state index in [1.54, 1.807) is 50.6 Å². The van der Waals surface area contributed by atoms with Gasteiger partial charge in [-0.25, -0.2) is 0 Å². The van der Waals surface area contributed by atoms with Crippen molar-refractivity contribution in [2.75, 3.05) is 20.8 Å². The molecule has 2 amide bonds. The second-order valence-electron chi connectivity index (χ2n) is 6.80. The summed E-state index contributed by atoms with van der Waals surface area (Å²) >= 11 is 6.41. The summed E-state index contributed by atoms with van der Waals surface area (Å²) in [5, 5.41) is 1.08. The topological polar surface area (TPSA) is 77.1 Å². The van der Waals surface area contributed by atoms with Crippen LogP contribution in [-0.2, 0) is 4.79 Å². The van der Waals surface area contributed by atoms with Gasteiger partial charge in [0.1, 0.15) is 5.75 Å². The third-order valence-electron chi connectivity index (χ3n) is 4.60. The van der Waals surface area contributed by atoms with E-state index in [1.165, 1.54) is 0 Å². The molecule has 1 fully saturated rings. The van der Waals surface area contributed by atoms with E-state index < -0.39 is 11.8 Å². The van der Waals surface area contributed by atoms with Gasteiger partial charge in [-0.2, -0.15) is 5.01 Å². The summed E-state index contributed by atoms with van der Waals surface area (Å²) in [6.45, 7) is 2.71. The number of hydrazine groups is 1. The van der Waals surface area contributed by atoms with Crippen LogP contribution in [0.3, 0.4) is 0 Å². The van der Waals surface area contributed by atoms with Crippen LogP contribution in [0, 0.1) is 0 Å². The van der Waals surface area contributed by atoms with Crippen molar-refractivity contribution in [2.45, 2.75) is 19.8 Å². The summed E-state index contributed by atoms with van der Waals surface area (Å²) in [6.07, 6.45) is 3.70. The molecule has 0 bridgehead atoms. The minimum Gasteiger partial charge on any atom is -0.497 e. The number of benzene rings is 2. The largest absolute Gasteiger partial charge is 0.497 e. The van der Waals surface area contributed by atoms with Gasteiger partial charge in [0.2, 0.25) is 0 Å². The lowest BCUT2D eigenvalue weighted by Gasteiger charge is -2.15. The third-order valence-corrected chi connectivity index (χ3v) is 5.90. The zero-order chi connectivity index (χ0) is 23.1. The van der Waals surface area contributed by atoms with Crippen LogP contribution >= 0.6 is 24.0 Å². The molecule has 0 radical (unpaired) electrons. The second-order valence-corrected chi connectivity index (χ2v) is 8.47. The average Bonchev–Trinajstić information content (AvgIpc) is 3.07. The molecule has 1 heterocycles. The fourth-order valence-corrected chi connectivity index (χ4v) is 4.02. The van der Waals surface area contributed by atoms with Gasteiger partial charge in [-0.15, -0.1) is 0 Å². The first kappa shape index (κ1) is 23.6. The quantitative estimate of drug-likeness (QED) is 0.329. The lowest BCUT2D eigenvalue weighted by Crippen LogP contribution is -2.44. The van der Waals surface area contributed by atoms with Crippen LogP contribution in [0.25, 0.3) is 6.08 Å². The van der Waals surface area contributed by atoms with E-state index in [0.717, 1.165) is 35.2 Å². The Balaban J connectivity index is 1.72. The predicted octanol–water partition coefficient (Wildman–Crippen LogP) is 4.43. The first-order valence-electron chi connectivity index (χ1n) is 10.0. The highest BCUT2D eigenvalue weighted by Crippen LogP contribution is 2.34. The molecule has 2 aromatic rings. The SMILES string of the molecule is CCCCOc1ccc(C=C2SC(=S)N(NC(=O)c3ccc(OC)cc3)C2=O)cc1OC. The number of ether oxygens (including phenoxy) is 3. The van der Waals surface area contributed by atoms with Crippen LogP contribution < -0.4 is 19.6 Å². The molecule has 9 heteroatoms. The zero-order valence-electron chi connectivity index (χ0n) is 18.0. The van der Waals surface area contributed by atoms with Crippen LogP contribution in [-0.4, -0.2) is 42.0 Å². The number of nitrogens with one attached hydrogen (secondary N) is 1. The van der Waals surface area contributed by atoms with Crippen LogP contribution in [0.1, 0.15) is 35.7 Å². The molecule has 1 aliphatic heterocycles. The minimum absolute atomic E-state index is 0.245. The Morgan fingerprint density at radius 2 is 1.88 bits per heavy atom. The maximum Gasteiger partial charge on any atom is 0.285 e. The number of carbonyl (C=O) groups is 2. The van der Waals surface area contributed by atoms with E-state index in [0.29, 0.717) is 34.3 Å². The first-order valence-corrected chi connectivity index (χ1v) is 11.2. The van der Waals surface area contributed by atoms with Crippen molar-refractivity contribution in [2.24, 2.45) is 0 Å². The van der Waals surface area contributed by atoms with Crippen LogP contribution in [0.15, 0.2) is 47.4 Å². The molecule has 168 valence electrons. The smallest absolute Gasteiger partial charge is 0.285 e. The molecule has 0 atom stereocenters. The van der Waals surface area contributed by atoms with Crippen molar-refractivity contribution in [3.63, 3.8) is 0 Å². The molecular formula is C23H24N2O5S2. The molecule has 1 saturated heterocycles. The van der Waals surface area contributed by atoms with Gasteiger partial charge in [0.05, 0.1) is 25.7 Å². The highest BCUT2D eigenvalue weighted by atomic mass is 32.2. The normalized spacial score (nSPS) is 14.6. The molecule has 0 unspecified atom stereocenters. The Morgan fingerprint density at radius 3 is 2.53 bits per heavy atom. The fourth-order valence-electron chi connectivity index (χ4n) is 2.84. The van der Waals surface area contributed by atoms with Gasteiger partial charge in [-0.1, -0.05) is 31.2 Å². The molecule has 1 N–H and O–H groups in total. The van der Waals surface area contributed by atoms with Gasteiger partial charge in [0, 0.05) is 5.56 Å². The second kappa shape index (κ2) is 11.0. The first-order chi connectivity index (χ1) is 15.5. The molecule has 0 aliphatic carbocycles. The zero-order valence-corrected chi connectivity index (χ0v) is 19.7. The number of nitrogens with zero attached hydrogens (tertiary/aromatic N) is 1. The molecule has 0 saturated carbocycles. The van der Waals surface area contributed by atoms with E-state index >= 15 is 0 Å². The number of hydrogen-bond donors (Lipinski definition) is 1. The fraction of sp³-hybridized carbons (Fsp3) is 0.261. The van der Waals surface area contributed by atoms with Crippen molar-refractivity contribution in [3.05, 3.63) is 58.5 Å². The van der Waals surface area contributed by atoms with Crippen molar-refractivity contribution >= 4 is 46.2 Å². The average molecular weight is 473 g/mol. The summed E-state index contributed by atoms with van der Waals surface area (Å²) in [5.74, 6) is 1.02. The number of hydrogen-bond acceptors (Lipinski definition) is 7. The maximum atomic E-state index is 12.8. The van der Waals surface area contributed by atoms with Gasteiger partial charge in [0.25, 0.3) is 11.8 Å². The lowest BCUT2D eigenvalue weighted by molar-refractivity contribution is -0.123. The predicted molar refractivity (Wildman–Crippen MR) is 129 cm³/mol. The van der Waals surface area contributed by atoms with Crippen LogP contribution in [0.2, 0.25) is 0 Å². The number of methoxy groups -OCH3 is 2. The van der Waals surface area contributed by atoms with Gasteiger partial charge in [-0.05, 0) is 66.7 Å². The number of unbranched alkanes of at least 4 members (excludes halogenated alkanes) is 1. The van der Waals surface area contributed by atoms with Crippen molar-refractivity contribution in [3.8, 4) is 17.2 Å². The van der Waals surface area contributed by atoms with E-state index in [9.17, 15) is 9.59 Å². The number of carbonyl (C=O) groups excluding carboxylic acids is 2. The molecule has 3 rings (SSSR count). The van der Waals surface area contributed by atoms with Gasteiger partial charge in [-0.3, -0.25) is 15.0 Å². The van der Waals surface area contributed by atoms with E-state index in [2.05, 4.69) is 12.3 Å². The summed E-state index contributed by atoms with van der Waals surface area (Å²) in [5.41, 5.74) is 3.70. The van der Waals surface area contributed by atoms with Crippen molar-refractivity contribution in [1.82, 2.24) is 10.4 Å². The van der Waals surface area contributed by atoms with Gasteiger partial charge >= 0.3 is 0 Å². The molecule has 1 aliphatic rings. The van der Waals surface area contributed by atoms with E-state index in [-0.39, 0.29) is 4.32 Å². The Hall–Kier alpha value is -3.04. The summed E-state index contributed by atoms with van der Waals surface area (Å²) in [6, 6.07) is 12.0. The Kier molecular flexibility index (Phi) is 8.13.